The summed E-state index contributed by atoms with van der Waals surface area (Å²) in [6.07, 6.45) is 5.58. The number of carbonyl (C=O) groups excluding carboxylic acids is 1. The smallest absolute Gasteiger partial charge is 0.220 e. The van der Waals surface area contributed by atoms with Crippen LogP contribution in [-0.4, -0.2) is 37.9 Å². The molecule has 150 valence electrons. The highest BCUT2D eigenvalue weighted by Gasteiger charge is 2.40. The van der Waals surface area contributed by atoms with Crippen LogP contribution in [0.3, 0.4) is 0 Å². The lowest BCUT2D eigenvalue weighted by Gasteiger charge is -2.42. The second-order valence-electron chi connectivity index (χ2n) is 8.49. The van der Waals surface area contributed by atoms with E-state index in [1.54, 1.807) is 0 Å². The highest BCUT2D eigenvalue weighted by Crippen LogP contribution is 2.42. The summed E-state index contributed by atoms with van der Waals surface area (Å²) >= 11 is 6.44. The summed E-state index contributed by atoms with van der Waals surface area (Å²) in [5.74, 6) is 0.549. The van der Waals surface area contributed by atoms with Crippen LogP contribution < -0.4 is 5.32 Å². The quantitative estimate of drug-likeness (QED) is 0.747. The first-order valence-corrected chi connectivity index (χ1v) is 10.6. The molecule has 2 aliphatic rings. The fraction of sp³-hybridized carbons (Fsp3) is 0.682. The Morgan fingerprint density at radius 2 is 2.11 bits per heavy atom. The van der Waals surface area contributed by atoms with Gasteiger partial charge in [0.25, 0.3) is 0 Å². The van der Waals surface area contributed by atoms with E-state index in [0.29, 0.717) is 25.5 Å². The molecule has 1 amide bonds. The highest BCUT2D eigenvalue weighted by atomic mass is 35.5. The molecule has 2 saturated heterocycles. The molecular weight excluding hydrogens is 362 g/mol. The maximum absolute atomic E-state index is 12.8. The zero-order valence-electron chi connectivity index (χ0n) is 16.5. The third-order valence-electron chi connectivity index (χ3n) is 5.95. The van der Waals surface area contributed by atoms with Crippen molar-refractivity contribution in [3.05, 3.63) is 34.9 Å². The van der Waals surface area contributed by atoms with Gasteiger partial charge in [-0.3, -0.25) is 4.79 Å². The zero-order valence-corrected chi connectivity index (χ0v) is 17.3. The number of rotatable bonds is 7. The topological polar surface area (TPSA) is 47.6 Å². The number of ether oxygens (including phenoxy) is 2. The van der Waals surface area contributed by atoms with Crippen LogP contribution in [-0.2, 0) is 20.7 Å². The molecule has 0 unspecified atom stereocenters. The molecule has 27 heavy (non-hydrogen) atoms. The number of amides is 1. The van der Waals surface area contributed by atoms with Crippen LogP contribution in [0.25, 0.3) is 0 Å². The monoisotopic (exact) mass is 393 g/mol. The van der Waals surface area contributed by atoms with Gasteiger partial charge < -0.3 is 14.8 Å². The Morgan fingerprint density at radius 3 is 2.81 bits per heavy atom. The number of carbonyl (C=O) groups is 1. The van der Waals surface area contributed by atoms with Gasteiger partial charge in [0.1, 0.15) is 0 Å². The van der Waals surface area contributed by atoms with Crippen LogP contribution in [0.2, 0.25) is 5.02 Å². The molecule has 3 atom stereocenters. The average Bonchev–Trinajstić information content (AvgIpc) is 3.16. The Morgan fingerprint density at radius 1 is 1.30 bits per heavy atom. The van der Waals surface area contributed by atoms with Crippen molar-refractivity contribution in [2.24, 2.45) is 11.3 Å². The minimum absolute atomic E-state index is 0.112. The zero-order chi connectivity index (χ0) is 19.3. The largest absolute Gasteiger partial charge is 0.378 e. The van der Waals surface area contributed by atoms with E-state index in [1.165, 1.54) is 0 Å². The maximum Gasteiger partial charge on any atom is 0.220 e. The van der Waals surface area contributed by atoms with Gasteiger partial charge in [-0.25, -0.2) is 0 Å². The van der Waals surface area contributed by atoms with Crippen LogP contribution in [0.4, 0.5) is 0 Å². The van der Waals surface area contributed by atoms with Crippen molar-refractivity contribution in [2.45, 2.75) is 64.6 Å². The van der Waals surface area contributed by atoms with Gasteiger partial charge in [0.05, 0.1) is 12.2 Å². The van der Waals surface area contributed by atoms with Crippen molar-refractivity contribution in [2.75, 3.05) is 19.8 Å². The van der Waals surface area contributed by atoms with E-state index in [1.807, 2.05) is 18.2 Å². The lowest BCUT2D eigenvalue weighted by molar-refractivity contribution is -0.128. The first-order chi connectivity index (χ1) is 13.0. The fourth-order valence-electron chi connectivity index (χ4n) is 4.31. The van der Waals surface area contributed by atoms with Gasteiger partial charge in [-0.2, -0.15) is 0 Å². The van der Waals surface area contributed by atoms with Crippen molar-refractivity contribution in [1.82, 2.24) is 5.32 Å². The molecule has 2 heterocycles. The highest BCUT2D eigenvalue weighted by molar-refractivity contribution is 6.31. The Balaban J connectivity index is 1.70. The van der Waals surface area contributed by atoms with Crippen LogP contribution >= 0.6 is 11.6 Å². The molecule has 0 radical (unpaired) electrons. The molecule has 0 bridgehead atoms. The molecule has 2 fully saturated rings. The van der Waals surface area contributed by atoms with Crippen molar-refractivity contribution in [3.8, 4) is 0 Å². The van der Waals surface area contributed by atoms with E-state index >= 15 is 0 Å². The number of hydrogen-bond donors (Lipinski definition) is 1. The maximum atomic E-state index is 12.8. The standard InChI is InChI=1S/C22H32ClNO3/c1-16(2)20-13-22(9-11-27-20,12-17-6-3-4-8-19(17)23)14-21(25)24-15-18-7-5-10-26-18/h3-4,6,8,16,18,20H,5,7,9-15H2,1-2H3,(H,24,25)/t18-,20-,22+/m0/s1. The summed E-state index contributed by atoms with van der Waals surface area (Å²) in [4.78, 5) is 12.8. The molecule has 0 aliphatic carbocycles. The van der Waals surface area contributed by atoms with Crippen molar-refractivity contribution >= 4 is 17.5 Å². The number of hydrogen-bond acceptors (Lipinski definition) is 3. The third kappa shape index (κ3) is 5.69. The minimum Gasteiger partial charge on any atom is -0.378 e. The summed E-state index contributed by atoms with van der Waals surface area (Å²) in [6.45, 7) is 6.50. The molecule has 5 heteroatoms. The Bertz CT molecular complexity index is 630. The van der Waals surface area contributed by atoms with Gasteiger partial charge in [-0.15, -0.1) is 0 Å². The van der Waals surface area contributed by atoms with Gasteiger partial charge in [-0.1, -0.05) is 43.6 Å². The van der Waals surface area contributed by atoms with E-state index in [4.69, 9.17) is 21.1 Å². The predicted molar refractivity (Wildman–Crippen MR) is 108 cm³/mol. The molecular formula is C22H32ClNO3. The second-order valence-corrected chi connectivity index (χ2v) is 8.90. The minimum atomic E-state index is -0.112. The summed E-state index contributed by atoms with van der Waals surface area (Å²) in [5.41, 5.74) is 1.01. The van der Waals surface area contributed by atoms with Crippen LogP contribution in [0.5, 0.6) is 0 Å². The second kappa shape index (κ2) is 9.40. The molecule has 1 N–H and O–H groups in total. The van der Waals surface area contributed by atoms with E-state index in [-0.39, 0.29) is 23.5 Å². The Hall–Kier alpha value is -1.10. The first-order valence-electron chi connectivity index (χ1n) is 10.2. The number of benzene rings is 1. The molecule has 1 aromatic carbocycles. The third-order valence-corrected chi connectivity index (χ3v) is 6.32. The SMILES string of the molecule is CC(C)[C@@H]1C[C@](CC(=O)NC[C@@H]2CCCO2)(Cc2ccccc2Cl)CCO1. The molecule has 4 nitrogen and oxygen atoms in total. The summed E-state index contributed by atoms with van der Waals surface area (Å²) in [6, 6.07) is 7.98. The van der Waals surface area contributed by atoms with Crippen molar-refractivity contribution in [1.29, 1.82) is 0 Å². The number of halogens is 1. The fourth-order valence-corrected chi connectivity index (χ4v) is 4.51. The van der Waals surface area contributed by atoms with E-state index in [2.05, 4.69) is 25.2 Å². The lowest BCUT2D eigenvalue weighted by Crippen LogP contribution is -2.43. The molecule has 0 spiro atoms. The van der Waals surface area contributed by atoms with Gasteiger partial charge in [-0.05, 0) is 55.1 Å². The van der Waals surface area contributed by atoms with Gasteiger partial charge in [0.2, 0.25) is 5.91 Å². The number of nitrogens with one attached hydrogen (secondary N) is 1. The van der Waals surface area contributed by atoms with Crippen LogP contribution in [0.1, 0.15) is 51.5 Å². The van der Waals surface area contributed by atoms with Crippen molar-refractivity contribution in [3.63, 3.8) is 0 Å². The van der Waals surface area contributed by atoms with Crippen molar-refractivity contribution < 1.29 is 14.3 Å². The molecule has 0 saturated carbocycles. The van der Waals surface area contributed by atoms with Gasteiger partial charge >= 0.3 is 0 Å². The van der Waals surface area contributed by atoms with Crippen LogP contribution in [0, 0.1) is 11.3 Å². The normalized spacial score (nSPS) is 28.4. The van der Waals surface area contributed by atoms with E-state index in [9.17, 15) is 4.79 Å². The lowest BCUT2D eigenvalue weighted by atomic mass is 9.69. The predicted octanol–water partition coefficient (Wildman–Crippen LogP) is 4.39. The summed E-state index contributed by atoms with van der Waals surface area (Å²) < 4.78 is 11.6. The Labute approximate surface area is 168 Å². The van der Waals surface area contributed by atoms with Gasteiger partial charge in [0, 0.05) is 31.2 Å². The summed E-state index contributed by atoms with van der Waals surface area (Å²) in [7, 11) is 0. The van der Waals surface area contributed by atoms with Crippen LogP contribution in [0.15, 0.2) is 24.3 Å². The molecule has 3 rings (SSSR count). The average molecular weight is 394 g/mol. The molecule has 1 aromatic rings. The summed E-state index contributed by atoms with van der Waals surface area (Å²) in [5, 5.41) is 3.89. The molecule has 0 aromatic heterocycles. The van der Waals surface area contributed by atoms with E-state index in [0.717, 1.165) is 49.3 Å². The van der Waals surface area contributed by atoms with Gasteiger partial charge in [0.15, 0.2) is 0 Å². The Kier molecular flexibility index (Phi) is 7.18. The van der Waals surface area contributed by atoms with E-state index < -0.39 is 0 Å². The molecule has 2 aliphatic heterocycles. The first kappa shape index (κ1) is 20.6.